The molecule has 0 heterocycles. The summed E-state index contributed by atoms with van der Waals surface area (Å²) in [4.78, 5) is 0. The van der Waals surface area contributed by atoms with E-state index in [0.29, 0.717) is 0 Å². The molecule has 0 aliphatic heterocycles. The smallest absolute Gasteiger partial charge is 0.380 e. The lowest BCUT2D eigenvalue weighted by Gasteiger charge is -2.49. The summed E-state index contributed by atoms with van der Waals surface area (Å²) >= 11 is 0. The largest absolute Gasteiger partial charge is 0.417 e. The Morgan fingerprint density at radius 1 is 0.481 bits per heavy atom. The molecule has 3 nitrogen and oxygen atoms in total. The Bertz CT molecular complexity index is 450. The number of alkyl halides is 9. The van der Waals surface area contributed by atoms with Crippen molar-refractivity contribution in [1.29, 1.82) is 0 Å². The van der Waals surface area contributed by atoms with E-state index in [1.54, 1.807) is 0 Å². The Morgan fingerprint density at radius 2 is 0.630 bits per heavy atom. The van der Waals surface area contributed by atoms with Gasteiger partial charge in [-0.25, -0.2) is 0 Å². The lowest BCUT2D eigenvalue weighted by molar-refractivity contribution is -0.315. The van der Waals surface area contributed by atoms with Gasteiger partial charge in [0.1, 0.15) is 0 Å². The fourth-order valence-corrected chi connectivity index (χ4v) is 3.39. The van der Waals surface area contributed by atoms with E-state index in [-0.39, 0.29) is 20.8 Å². The van der Waals surface area contributed by atoms with Crippen LogP contribution in [0.3, 0.4) is 0 Å². The van der Waals surface area contributed by atoms with Crippen LogP contribution in [0.1, 0.15) is 40.0 Å². The zero-order chi connectivity index (χ0) is 21.9. The van der Waals surface area contributed by atoms with Gasteiger partial charge < -0.3 is 15.3 Å². The van der Waals surface area contributed by atoms with Gasteiger partial charge in [0.25, 0.3) is 0 Å². The minimum Gasteiger partial charge on any atom is -0.380 e. The molecule has 1 aliphatic carbocycles. The zero-order valence-corrected chi connectivity index (χ0v) is 14.6. The van der Waals surface area contributed by atoms with Gasteiger partial charge in [0.05, 0.1) is 0 Å². The van der Waals surface area contributed by atoms with Crippen LogP contribution in [0.15, 0.2) is 0 Å². The standard InChI is InChI=1S/C15H21F9O3/c1-10(25,13(16,17)18)7-4-8(11(2,26)14(19,20)21)6-9(5-7)12(3,27)15(22,23)24/h7-9,25-27H,4-6H2,1-3H3. The average molecular weight is 420 g/mol. The van der Waals surface area contributed by atoms with Crippen molar-refractivity contribution in [2.24, 2.45) is 17.8 Å². The highest BCUT2D eigenvalue weighted by Crippen LogP contribution is 2.54. The van der Waals surface area contributed by atoms with Crippen LogP contribution in [0.5, 0.6) is 0 Å². The molecule has 0 spiro atoms. The topological polar surface area (TPSA) is 60.7 Å². The molecule has 0 aromatic heterocycles. The van der Waals surface area contributed by atoms with Gasteiger partial charge in [-0.2, -0.15) is 39.5 Å². The molecule has 3 atom stereocenters. The second-order valence-corrected chi connectivity index (χ2v) is 7.73. The molecule has 12 heteroatoms. The van der Waals surface area contributed by atoms with Gasteiger partial charge >= 0.3 is 18.5 Å². The van der Waals surface area contributed by atoms with Crippen molar-refractivity contribution in [3.05, 3.63) is 0 Å². The molecule has 0 aromatic rings. The number of hydrogen-bond acceptors (Lipinski definition) is 3. The van der Waals surface area contributed by atoms with E-state index in [9.17, 15) is 54.8 Å². The first kappa shape index (κ1) is 24.3. The molecule has 0 radical (unpaired) electrons. The molecule has 162 valence electrons. The summed E-state index contributed by atoms with van der Waals surface area (Å²) in [5.41, 5.74) is -10.8. The summed E-state index contributed by atoms with van der Waals surface area (Å²) in [5.74, 6) is -6.28. The monoisotopic (exact) mass is 420 g/mol. The van der Waals surface area contributed by atoms with E-state index in [1.165, 1.54) is 0 Å². The second-order valence-electron chi connectivity index (χ2n) is 7.73. The lowest BCUT2D eigenvalue weighted by Crippen LogP contribution is -2.60. The van der Waals surface area contributed by atoms with Gasteiger partial charge in [0.15, 0.2) is 16.8 Å². The van der Waals surface area contributed by atoms with Crippen LogP contribution < -0.4 is 0 Å². The molecule has 1 aliphatic rings. The molecule has 0 bridgehead atoms. The van der Waals surface area contributed by atoms with Gasteiger partial charge in [-0.15, -0.1) is 0 Å². The fourth-order valence-electron chi connectivity index (χ4n) is 3.39. The molecule has 0 amide bonds. The van der Waals surface area contributed by atoms with Gasteiger partial charge in [-0.3, -0.25) is 0 Å². The van der Waals surface area contributed by atoms with Crippen LogP contribution >= 0.6 is 0 Å². The SMILES string of the molecule is CC(O)(C1CC(C(C)(O)C(F)(F)F)CC(C(C)(O)C(F)(F)F)C1)C(F)(F)F. The zero-order valence-electron chi connectivity index (χ0n) is 14.6. The van der Waals surface area contributed by atoms with Crippen LogP contribution in [0.25, 0.3) is 0 Å². The summed E-state index contributed by atoms with van der Waals surface area (Å²) in [7, 11) is 0. The molecular formula is C15H21F9O3. The van der Waals surface area contributed by atoms with Crippen LogP contribution in [-0.2, 0) is 0 Å². The van der Waals surface area contributed by atoms with E-state index >= 15 is 0 Å². The first-order valence-corrected chi connectivity index (χ1v) is 7.94. The quantitative estimate of drug-likeness (QED) is 0.606. The van der Waals surface area contributed by atoms with E-state index < -0.39 is 72.3 Å². The first-order valence-electron chi connectivity index (χ1n) is 7.94. The van der Waals surface area contributed by atoms with Crippen molar-refractivity contribution in [2.75, 3.05) is 0 Å². The van der Waals surface area contributed by atoms with Crippen LogP contribution in [0, 0.1) is 17.8 Å². The minimum absolute atomic E-state index is 0.252. The van der Waals surface area contributed by atoms with Crippen molar-refractivity contribution < 1.29 is 54.8 Å². The third kappa shape index (κ3) is 4.31. The van der Waals surface area contributed by atoms with Crippen molar-refractivity contribution >= 4 is 0 Å². The van der Waals surface area contributed by atoms with Crippen LogP contribution in [0.4, 0.5) is 39.5 Å². The summed E-state index contributed by atoms with van der Waals surface area (Å²) in [6.07, 6.45) is -19.1. The number of hydrogen-bond donors (Lipinski definition) is 3. The van der Waals surface area contributed by atoms with E-state index in [4.69, 9.17) is 0 Å². The maximum atomic E-state index is 13.1. The van der Waals surface area contributed by atoms with Gasteiger partial charge in [0.2, 0.25) is 0 Å². The fraction of sp³-hybridized carbons (Fsp3) is 1.00. The number of halogens is 9. The molecule has 0 aromatic carbocycles. The van der Waals surface area contributed by atoms with Gasteiger partial charge in [0, 0.05) is 0 Å². The summed E-state index contributed by atoms with van der Waals surface area (Å²) in [5, 5.41) is 29.4. The van der Waals surface area contributed by atoms with Crippen molar-refractivity contribution in [3.63, 3.8) is 0 Å². The van der Waals surface area contributed by atoms with E-state index in [0.717, 1.165) is 0 Å². The van der Waals surface area contributed by atoms with Crippen LogP contribution in [-0.4, -0.2) is 50.7 Å². The van der Waals surface area contributed by atoms with Crippen LogP contribution in [0.2, 0.25) is 0 Å². The third-order valence-electron chi connectivity index (χ3n) is 5.81. The normalized spacial score (nSPS) is 32.3. The van der Waals surface area contributed by atoms with Crippen molar-refractivity contribution in [1.82, 2.24) is 0 Å². The number of rotatable bonds is 3. The lowest BCUT2D eigenvalue weighted by atomic mass is 9.61. The Labute approximate surface area is 149 Å². The van der Waals surface area contributed by atoms with E-state index in [2.05, 4.69) is 0 Å². The van der Waals surface area contributed by atoms with E-state index in [1.807, 2.05) is 0 Å². The molecule has 1 rings (SSSR count). The van der Waals surface area contributed by atoms with Crippen molar-refractivity contribution in [2.45, 2.75) is 75.4 Å². The van der Waals surface area contributed by atoms with Gasteiger partial charge in [-0.05, 0) is 57.8 Å². The molecule has 1 saturated carbocycles. The predicted octanol–water partition coefficient (Wildman–Crippen LogP) is 3.96. The Kier molecular flexibility index (Phi) is 5.98. The third-order valence-corrected chi connectivity index (χ3v) is 5.81. The first-order chi connectivity index (χ1) is 11.6. The Balaban J connectivity index is 3.42. The highest BCUT2D eigenvalue weighted by atomic mass is 19.4. The summed E-state index contributed by atoms with van der Waals surface area (Å²) in [6.45, 7) is 0.755. The highest BCUT2D eigenvalue weighted by molar-refractivity contribution is 5.04. The van der Waals surface area contributed by atoms with Crippen molar-refractivity contribution in [3.8, 4) is 0 Å². The minimum atomic E-state index is -5.34. The Morgan fingerprint density at radius 3 is 0.741 bits per heavy atom. The summed E-state index contributed by atoms with van der Waals surface area (Å²) < 4.78 is 118. The average Bonchev–Trinajstić information content (AvgIpc) is 2.43. The predicted molar refractivity (Wildman–Crippen MR) is 74.4 cm³/mol. The molecule has 27 heavy (non-hydrogen) atoms. The molecule has 3 unspecified atom stereocenters. The molecule has 3 N–H and O–H groups in total. The molecular weight excluding hydrogens is 399 g/mol. The second kappa shape index (κ2) is 6.65. The maximum absolute atomic E-state index is 13.1. The Hall–Kier alpha value is -0.750. The van der Waals surface area contributed by atoms with Gasteiger partial charge in [-0.1, -0.05) is 0 Å². The molecule has 1 fully saturated rings. The highest BCUT2D eigenvalue weighted by Gasteiger charge is 2.65. The number of aliphatic hydroxyl groups is 3. The maximum Gasteiger partial charge on any atom is 0.417 e. The molecule has 0 saturated heterocycles. The summed E-state index contributed by atoms with van der Waals surface area (Å²) in [6, 6.07) is 0.